The van der Waals surface area contributed by atoms with E-state index in [1.165, 1.54) is 5.56 Å². The molecule has 0 radical (unpaired) electrons. The van der Waals surface area contributed by atoms with Gasteiger partial charge in [0.25, 0.3) is 11.8 Å². The van der Waals surface area contributed by atoms with Gasteiger partial charge < -0.3 is 15.4 Å². The molecule has 0 aromatic heterocycles. The molecule has 124 valence electrons. The molecule has 0 spiro atoms. The summed E-state index contributed by atoms with van der Waals surface area (Å²) in [6, 6.07) is 12.9. The highest BCUT2D eigenvalue weighted by Gasteiger charge is 2.18. The Hall–Kier alpha value is -2.82. The van der Waals surface area contributed by atoms with Crippen molar-refractivity contribution in [1.82, 2.24) is 0 Å². The summed E-state index contributed by atoms with van der Waals surface area (Å²) < 4.78 is 5.29. The Labute approximate surface area is 141 Å². The van der Waals surface area contributed by atoms with Crippen molar-refractivity contribution < 1.29 is 14.3 Å². The first-order chi connectivity index (χ1) is 11.6. The average molecular weight is 324 g/mol. The van der Waals surface area contributed by atoms with Crippen LogP contribution < -0.4 is 15.4 Å². The van der Waals surface area contributed by atoms with Crippen molar-refractivity contribution in [3.8, 4) is 5.75 Å². The number of fused-ring (bicyclic) bond motifs is 1. The largest absolute Gasteiger partial charge is 0.482 e. The maximum absolute atomic E-state index is 12.4. The molecule has 0 aliphatic carbocycles. The highest BCUT2D eigenvalue weighted by atomic mass is 16.5. The summed E-state index contributed by atoms with van der Waals surface area (Å²) in [5, 5.41) is 5.57. The van der Waals surface area contributed by atoms with Crippen LogP contribution in [0.5, 0.6) is 5.75 Å². The minimum atomic E-state index is -0.228. The van der Waals surface area contributed by atoms with E-state index < -0.39 is 0 Å². The van der Waals surface area contributed by atoms with E-state index in [1.54, 1.807) is 18.2 Å². The van der Waals surface area contributed by atoms with Crippen LogP contribution >= 0.6 is 0 Å². The Kier molecular flexibility index (Phi) is 4.51. The Morgan fingerprint density at radius 2 is 2.00 bits per heavy atom. The van der Waals surface area contributed by atoms with Gasteiger partial charge in [-0.3, -0.25) is 9.59 Å². The Balaban J connectivity index is 1.73. The monoisotopic (exact) mass is 324 g/mol. The van der Waals surface area contributed by atoms with Gasteiger partial charge in [0, 0.05) is 11.3 Å². The molecule has 0 bridgehead atoms. The summed E-state index contributed by atoms with van der Waals surface area (Å²) in [4.78, 5) is 23.8. The summed E-state index contributed by atoms with van der Waals surface area (Å²) >= 11 is 0. The number of carbonyl (C=O) groups excluding carboxylic acids is 2. The van der Waals surface area contributed by atoms with E-state index in [4.69, 9.17) is 4.74 Å². The van der Waals surface area contributed by atoms with Crippen LogP contribution in [-0.4, -0.2) is 18.4 Å². The maximum atomic E-state index is 12.4. The van der Waals surface area contributed by atoms with Crippen molar-refractivity contribution in [2.24, 2.45) is 0 Å². The molecule has 5 nitrogen and oxygen atoms in total. The number of anilines is 2. The number of carbonyl (C=O) groups is 2. The standard InChI is InChI=1S/C19H20N2O3/c1-3-12(2)13-4-7-15(8-5-13)20-19(23)14-6-9-17-16(10-14)21-18(22)11-24-17/h4-10,12H,3,11H2,1-2H3,(H,20,23)(H,21,22). The Morgan fingerprint density at radius 3 is 2.71 bits per heavy atom. The Morgan fingerprint density at radius 1 is 1.25 bits per heavy atom. The SMILES string of the molecule is CCC(C)c1ccc(NC(=O)c2ccc3c(c2)NC(=O)CO3)cc1. The van der Waals surface area contributed by atoms with Crippen molar-refractivity contribution in [1.29, 1.82) is 0 Å². The van der Waals surface area contributed by atoms with E-state index in [0.29, 0.717) is 22.9 Å². The van der Waals surface area contributed by atoms with Crippen LogP contribution in [0.15, 0.2) is 42.5 Å². The lowest BCUT2D eigenvalue weighted by Crippen LogP contribution is -2.25. The summed E-state index contributed by atoms with van der Waals surface area (Å²) in [6.07, 6.45) is 1.08. The van der Waals surface area contributed by atoms with Crippen LogP contribution in [0.1, 0.15) is 42.1 Å². The second kappa shape index (κ2) is 6.74. The second-order valence-corrected chi connectivity index (χ2v) is 5.93. The molecule has 1 unspecified atom stereocenters. The van der Waals surface area contributed by atoms with E-state index in [9.17, 15) is 9.59 Å². The minimum Gasteiger partial charge on any atom is -0.482 e. The van der Waals surface area contributed by atoms with Gasteiger partial charge in [0.1, 0.15) is 5.75 Å². The second-order valence-electron chi connectivity index (χ2n) is 5.93. The molecule has 2 aromatic rings. The normalized spacial score (nSPS) is 14.2. The van der Waals surface area contributed by atoms with Gasteiger partial charge in [0.05, 0.1) is 5.69 Å². The van der Waals surface area contributed by atoms with Crippen LogP contribution in [0.25, 0.3) is 0 Å². The highest BCUT2D eigenvalue weighted by Crippen LogP contribution is 2.29. The first kappa shape index (κ1) is 16.1. The molecular weight excluding hydrogens is 304 g/mol. The molecule has 1 aliphatic heterocycles. The highest BCUT2D eigenvalue weighted by molar-refractivity contribution is 6.06. The zero-order valence-corrected chi connectivity index (χ0v) is 13.8. The molecule has 3 rings (SSSR count). The summed E-state index contributed by atoms with van der Waals surface area (Å²) in [5.74, 6) is 0.623. The fourth-order valence-electron chi connectivity index (χ4n) is 2.56. The number of hydrogen-bond acceptors (Lipinski definition) is 3. The van der Waals surface area contributed by atoms with E-state index >= 15 is 0 Å². The molecule has 5 heteroatoms. The summed E-state index contributed by atoms with van der Waals surface area (Å²) in [5.41, 5.74) is 2.98. The molecule has 0 saturated heterocycles. The predicted octanol–water partition coefficient (Wildman–Crippen LogP) is 3.78. The van der Waals surface area contributed by atoms with Gasteiger partial charge in [-0.2, -0.15) is 0 Å². The minimum absolute atomic E-state index is 0.00107. The van der Waals surface area contributed by atoms with Crippen molar-refractivity contribution in [3.63, 3.8) is 0 Å². The number of hydrogen-bond donors (Lipinski definition) is 2. The van der Waals surface area contributed by atoms with E-state index in [2.05, 4.69) is 24.5 Å². The van der Waals surface area contributed by atoms with Gasteiger partial charge in [0.2, 0.25) is 0 Å². The number of nitrogens with one attached hydrogen (secondary N) is 2. The Bertz CT molecular complexity index is 769. The van der Waals surface area contributed by atoms with Crippen molar-refractivity contribution in [2.45, 2.75) is 26.2 Å². The molecule has 1 atom stereocenters. The molecule has 24 heavy (non-hydrogen) atoms. The molecular formula is C19H20N2O3. The zero-order chi connectivity index (χ0) is 17.1. The van der Waals surface area contributed by atoms with Crippen LogP contribution in [0.2, 0.25) is 0 Å². The molecule has 2 amide bonds. The predicted molar refractivity (Wildman–Crippen MR) is 93.7 cm³/mol. The number of rotatable bonds is 4. The van der Waals surface area contributed by atoms with Gasteiger partial charge in [0.15, 0.2) is 6.61 Å². The van der Waals surface area contributed by atoms with Crippen molar-refractivity contribution >= 4 is 23.2 Å². The van der Waals surface area contributed by atoms with Gasteiger partial charge in [-0.25, -0.2) is 0 Å². The molecule has 1 aliphatic rings. The maximum Gasteiger partial charge on any atom is 0.262 e. The first-order valence-electron chi connectivity index (χ1n) is 8.05. The van der Waals surface area contributed by atoms with Gasteiger partial charge in [-0.1, -0.05) is 26.0 Å². The summed E-state index contributed by atoms with van der Waals surface area (Å²) in [7, 11) is 0. The fraction of sp³-hybridized carbons (Fsp3) is 0.263. The van der Waals surface area contributed by atoms with E-state index in [-0.39, 0.29) is 18.4 Å². The third kappa shape index (κ3) is 3.40. The summed E-state index contributed by atoms with van der Waals surface area (Å²) in [6.45, 7) is 4.33. The molecule has 1 heterocycles. The third-order valence-electron chi connectivity index (χ3n) is 4.22. The molecule has 0 fully saturated rings. The van der Waals surface area contributed by atoms with Crippen molar-refractivity contribution in [2.75, 3.05) is 17.2 Å². The topological polar surface area (TPSA) is 67.4 Å². The lowest BCUT2D eigenvalue weighted by atomic mass is 9.98. The molecule has 0 saturated carbocycles. The van der Waals surface area contributed by atoms with Crippen LogP contribution in [0.4, 0.5) is 11.4 Å². The molecule has 2 N–H and O–H groups in total. The van der Waals surface area contributed by atoms with Crippen LogP contribution in [-0.2, 0) is 4.79 Å². The number of benzene rings is 2. The van der Waals surface area contributed by atoms with Crippen LogP contribution in [0, 0.1) is 0 Å². The lowest BCUT2D eigenvalue weighted by Gasteiger charge is -2.18. The fourth-order valence-corrected chi connectivity index (χ4v) is 2.56. The molecule has 2 aromatic carbocycles. The van der Waals surface area contributed by atoms with Crippen LogP contribution in [0.3, 0.4) is 0 Å². The van der Waals surface area contributed by atoms with Crippen molar-refractivity contribution in [3.05, 3.63) is 53.6 Å². The zero-order valence-electron chi connectivity index (χ0n) is 13.8. The first-order valence-corrected chi connectivity index (χ1v) is 8.05. The van der Waals surface area contributed by atoms with Gasteiger partial charge in [-0.05, 0) is 48.2 Å². The number of amides is 2. The van der Waals surface area contributed by atoms with Gasteiger partial charge >= 0.3 is 0 Å². The quantitative estimate of drug-likeness (QED) is 0.899. The van der Waals surface area contributed by atoms with E-state index in [1.807, 2.05) is 24.3 Å². The average Bonchev–Trinajstić information content (AvgIpc) is 2.61. The van der Waals surface area contributed by atoms with E-state index in [0.717, 1.165) is 12.1 Å². The number of ether oxygens (including phenoxy) is 1. The third-order valence-corrected chi connectivity index (χ3v) is 4.22. The smallest absolute Gasteiger partial charge is 0.262 e. The lowest BCUT2D eigenvalue weighted by molar-refractivity contribution is -0.118. The van der Waals surface area contributed by atoms with Gasteiger partial charge in [-0.15, -0.1) is 0 Å².